The summed E-state index contributed by atoms with van der Waals surface area (Å²) >= 11 is 9.08. The van der Waals surface area contributed by atoms with Crippen LogP contribution in [0.2, 0.25) is 5.02 Å². The van der Waals surface area contributed by atoms with Gasteiger partial charge >= 0.3 is 6.09 Å². The number of hydrogen-bond donors (Lipinski definition) is 1. The zero-order valence-electron chi connectivity index (χ0n) is 11.9. The van der Waals surface area contributed by atoms with Gasteiger partial charge in [-0.3, -0.25) is 0 Å². The Morgan fingerprint density at radius 2 is 2.20 bits per heavy atom. The monoisotopic (exact) mass is 364 g/mol. The normalized spacial score (nSPS) is 12.7. The molecule has 0 saturated carbocycles. The van der Waals surface area contributed by atoms with E-state index in [2.05, 4.69) is 26.2 Å². The summed E-state index contributed by atoms with van der Waals surface area (Å²) < 4.78 is 11.3. The number of alkyl carbamates (subject to hydrolysis) is 1. The van der Waals surface area contributed by atoms with Gasteiger partial charge in [-0.1, -0.05) is 11.6 Å². The molecule has 1 aromatic rings. The van der Waals surface area contributed by atoms with Gasteiger partial charge in [0.15, 0.2) is 0 Å². The molecule has 112 valence electrons. The molecule has 0 fully saturated rings. The zero-order chi connectivity index (χ0) is 15.3. The van der Waals surface area contributed by atoms with E-state index in [1.807, 2.05) is 20.8 Å². The van der Waals surface area contributed by atoms with E-state index in [0.717, 1.165) is 0 Å². The number of hydrogen-bond acceptors (Lipinski definition) is 4. The lowest BCUT2D eigenvalue weighted by Gasteiger charge is -2.22. The molecule has 0 aliphatic carbocycles. The highest BCUT2D eigenvalue weighted by Crippen LogP contribution is 2.25. The Kier molecular flexibility index (Phi) is 6.07. The minimum atomic E-state index is -0.475. The number of carbonyl (C=O) groups is 1. The molecule has 1 N–H and O–H groups in total. The molecule has 1 atom stereocenters. The van der Waals surface area contributed by atoms with Crippen LogP contribution in [0.1, 0.15) is 27.7 Å². The number of pyridine rings is 1. The van der Waals surface area contributed by atoms with E-state index in [4.69, 9.17) is 21.1 Å². The molecule has 7 heteroatoms. The molecular weight excluding hydrogens is 348 g/mol. The van der Waals surface area contributed by atoms with E-state index < -0.39 is 12.2 Å². The van der Waals surface area contributed by atoms with Crippen LogP contribution in [0.3, 0.4) is 0 Å². The van der Waals surface area contributed by atoms with E-state index in [-0.39, 0.29) is 12.1 Å². The molecular formula is C13H18BrClN2O3. The predicted molar refractivity (Wildman–Crippen MR) is 81.3 cm³/mol. The molecule has 1 heterocycles. The van der Waals surface area contributed by atoms with Crippen molar-refractivity contribution in [2.45, 2.75) is 39.3 Å². The highest BCUT2D eigenvalue weighted by molar-refractivity contribution is 9.10. The Hall–Kier alpha value is -1.01. The summed E-state index contributed by atoms with van der Waals surface area (Å²) in [7, 11) is 0. The standard InChI is InChI=1S/C13H18BrClN2O3/c1-8(20-12(18)17-13(2,3)4)7-19-11-10(14)5-9(15)6-16-11/h5-6,8H,7H2,1-4H3,(H,17,18)/t8-/m0/s1. The number of amides is 1. The Bertz CT molecular complexity index is 477. The average Bonchev–Trinajstić information content (AvgIpc) is 2.24. The Morgan fingerprint density at radius 3 is 2.75 bits per heavy atom. The first-order valence-electron chi connectivity index (χ1n) is 6.10. The van der Waals surface area contributed by atoms with Crippen LogP contribution in [0.25, 0.3) is 0 Å². The van der Waals surface area contributed by atoms with Gasteiger partial charge in [-0.2, -0.15) is 0 Å². The van der Waals surface area contributed by atoms with Crippen LogP contribution < -0.4 is 10.1 Å². The Morgan fingerprint density at radius 1 is 1.55 bits per heavy atom. The lowest BCUT2D eigenvalue weighted by molar-refractivity contribution is 0.0691. The van der Waals surface area contributed by atoms with Crippen LogP contribution in [0.15, 0.2) is 16.7 Å². The van der Waals surface area contributed by atoms with Crippen molar-refractivity contribution >= 4 is 33.6 Å². The molecule has 1 aromatic heterocycles. The van der Waals surface area contributed by atoms with Crippen molar-refractivity contribution in [3.8, 4) is 5.88 Å². The van der Waals surface area contributed by atoms with Crippen molar-refractivity contribution in [2.24, 2.45) is 0 Å². The molecule has 1 amide bonds. The second kappa shape index (κ2) is 7.13. The van der Waals surface area contributed by atoms with Crippen molar-refractivity contribution in [1.29, 1.82) is 0 Å². The number of nitrogens with zero attached hydrogens (tertiary/aromatic N) is 1. The molecule has 0 bridgehead atoms. The maximum atomic E-state index is 11.6. The Balaban J connectivity index is 2.43. The van der Waals surface area contributed by atoms with Gasteiger partial charge in [0.1, 0.15) is 12.7 Å². The Labute approximate surface area is 132 Å². The lowest BCUT2D eigenvalue weighted by Crippen LogP contribution is -2.42. The second-order valence-electron chi connectivity index (χ2n) is 5.34. The summed E-state index contributed by atoms with van der Waals surface area (Å²) in [5, 5.41) is 3.22. The van der Waals surface area contributed by atoms with E-state index in [1.165, 1.54) is 6.20 Å². The molecule has 0 spiro atoms. The smallest absolute Gasteiger partial charge is 0.407 e. The summed E-state index contributed by atoms with van der Waals surface area (Å²) in [6.07, 6.45) is 0.609. The van der Waals surface area contributed by atoms with Crippen LogP contribution >= 0.6 is 27.5 Å². The van der Waals surface area contributed by atoms with Crippen molar-refractivity contribution in [1.82, 2.24) is 10.3 Å². The minimum Gasteiger partial charge on any atom is -0.473 e. The van der Waals surface area contributed by atoms with Crippen molar-refractivity contribution < 1.29 is 14.3 Å². The van der Waals surface area contributed by atoms with Crippen LogP contribution in [0, 0.1) is 0 Å². The average molecular weight is 366 g/mol. The van der Waals surface area contributed by atoms with Gasteiger partial charge in [-0.05, 0) is 49.7 Å². The van der Waals surface area contributed by atoms with E-state index >= 15 is 0 Å². The third-order valence-electron chi connectivity index (χ3n) is 2.01. The summed E-state index contributed by atoms with van der Waals surface area (Å²) in [4.78, 5) is 15.6. The molecule has 0 saturated heterocycles. The fourth-order valence-electron chi connectivity index (χ4n) is 1.26. The van der Waals surface area contributed by atoms with Gasteiger partial charge in [-0.15, -0.1) is 0 Å². The van der Waals surface area contributed by atoms with Gasteiger partial charge in [0.05, 0.1) is 9.50 Å². The van der Waals surface area contributed by atoms with Crippen molar-refractivity contribution in [3.05, 3.63) is 21.8 Å². The molecule has 0 unspecified atom stereocenters. The van der Waals surface area contributed by atoms with E-state index in [0.29, 0.717) is 15.4 Å². The van der Waals surface area contributed by atoms with Gasteiger partial charge in [0.2, 0.25) is 5.88 Å². The molecule has 0 aromatic carbocycles. The van der Waals surface area contributed by atoms with E-state index in [9.17, 15) is 4.79 Å². The number of carbonyl (C=O) groups excluding carboxylic acids is 1. The van der Waals surface area contributed by atoms with Crippen LogP contribution in [-0.2, 0) is 4.74 Å². The lowest BCUT2D eigenvalue weighted by atomic mass is 10.1. The van der Waals surface area contributed by atoms with Crippen molar-refractivity contribution in [2.75, 3.05) is 6.61 Å². The molecule has 1 rings (SSSR count). The fourth-order valence-corrected chi connectivity index (χ4v) is 2.01. The van der Waals surface area contributed by atoms with Crippen molar-refractivity contribution in [3.63, 3.8) is 0 Å². The third-order valence-corrected chi connectivity index (χ3v) is 2.79. The van der Waals surface area contributed by atoms with Gasteiger partial charge < -0.3 is 14.8 Å². The molecule has 0 aliphatic rings. The van der Waals surface area contributed by atoms with E-state index in [1.54, 1.807) is 13.0 Å². The molecule has 0 aliphatic heterocycles. The largest absolute Gasteiger partial charge is 0.473 e. The van der Waals surface area contributed by atoms with Crippen LogP contribution in [0.4, 0.5) is 4.79 Å². The fraction of sp³-hybridized carbons (Fsp3) is 0.538. The number of aromatic nitrogens is 1. The van der Waals surface area contributed by atoms with Gasteiger partial charge in [0.25, 0.3) is 0 Å². The SMILES string of the molecule is C[C@@H](COc1ncc(Cl)cc1Br)OC(=O)NC(C)(C)C. The highest BCUT2D eigenvalue weighted by atomic mass is 79.9. The maximum Gasteiger partial charge on any atom is 0.407 e. The summed E-state index contributed by atoms with van der Waals surface area (Å²) in [6.45, 7) is 7.58. The summed E-state index contributed by atoms with van der Waals surface area (Å²) in [5.41, 5.74) is -0.335. The first kappa shape index (κ1) is 17.0. The predicted octanol–water partition coefficient (Wildman–Crippen LogP) is 3.79. The number of nitrogens with one attached hydrogen (secondary N) is 1. The molecule has 0 radical (unpaired) electrons. The first-order valence-corrected chi connectivity index (χ1v) is 7.27. The van der Waals surface area contributed by atoms with Crippen LogP contribution in [-0.4, -0.2) is 29.3 Å². The number of rotatable bonds is 4. The highest BCUT2D eigenvalue weighted by Gasteiger charge is 2.17. The summed E-state index contributed by atoms with van der Waals surface area (Å²) in [5.74, 6) is 0.404. The van der Waals surface area contributed by atoms with Gasteiger partial charge in [0, 0.05) is 11.7 Å². The second-order valence-corrected chi connectivity index (χ2v) is 6.63. The zero-order valence-corrected chi connectivity index (χ0v) is 14.2. The quantitative estimate of drug-likeness (QED) is 0.882. The minimum absolute atomic E-state index is 0.199. The van der Waals surface area contributed by atoms with Gasteiger partial charge in [-0.25, -0.2) is 9.78 Å². The number of ether oxygens (including phenoxy) is 2. The topological polar surface area (TPSA) is 60.5 Å². The summed E-state index contributed by atoms with van der Waals surface area (Å²) in [6, 6.07) is 1.68. The first-order chi connectivity index (χ1) is 9.17. The maximum absolute atomic E-state index is 11.6. The molecule has 5 nitrogen and oxygen atoms in total. The number of halogens is 2. The van der Waals surface area contributed by atoms with Crippen LogP contribution in [0.5, 0.6) is 5.88 Å². The molecule has 20 heavy (non-hydrogen) atoms. The third kappa shape index (κ3) is 6.43.